The maximum atomic E-state index is 13.3. The lowest BCUT2D eigenvalue weighted by molar-refractivity contribution is 0.101. The summed E-state index contributed by atoms with van der Waals surface area (Å²) in [7, 11) is 1.60. The third-order valence-corrected chi connectivity index (χ3v) is 4.90. The van der Waals surface area contributed by atoms with Crippen LogP contribution in [0.1, 0.15) is 27.6 Å². The number of carbonyl (C=O) groups excluding carboxylic acids is 2. The van der Waals surface area contributed by atoms with Gasteiger partial charge in [-0.25, -0.2) is 4.68 Å². The molecule has 0 atom stereocenters. The second-order valence-electron chi connectivity index (χ2n) is 6.96. The van der Waals surface area contributed by atoms with Gasteiger partial charge in [-0.15, -0.1) is 0 Å². The molecule has 31 heavy (non-hydrogen) atoms. The topological polar surface area (TPSA) is 73.2 Å². The Morgan fingerprint density at radius 3 is 2.23 bits per heavy atom. The Morgan fingerprint density at radius 2 is 1.55 bits per heavy atom. The highest BCUT2D eigenvalue weighted by molar-refractivity contribution is 6.11. The Hall–Kier alpha value is -4.19. The first-order chi connectivity index (χ1) is 15.1. The van der Waals surface area contributed by atoms with Crippen molar-refractivity contribution in [2.24, 2.45) is 0 Å². The molecule has 6 nitrogen and oxygen atoms in total. The van der Waals surface area contributed by atoms with Crippen molar-refractivity contribution in [3.8, 4) is 22.7 Å². The number of benzene rings is 3. The summed E-state index contributed by atoms with van der Waals surface area (Å²) in [4.78, 5) is 25.2. The van der Waals surface area contributed by atoms with Gasteiger partial charge >= 0.3 is 0 Å². The van der Waals surface area contributed by atoms with Crippen LogP contribution in [0.5, 0.6) is 5.75 Å². The third-order valence-electron chi connectivity index (χ3n) is 4.90. The van der Waals surface area contributed by atoms with Crippen molar-refractivity contribution < 1.29 is 14.3 Å². The van der Waals surface area contributed by atoms with E-state index >= 15 is 0 Å². The highest BCUT2D eigenvalue weighted by atomic mass is 16.5. The molecule has 0 unspecified atom stereocenters. The van der Waals surface area contributed by atoms with Crippen molar-refractivity contribution in [2.45, 2.75) is 6.92 Å². The molecule has 4 rings (SSSR count). The zero-order valence-electron chi connectivity index (χ0n) is 17.2. The Bertz CT molecular complexity index is 1230. The van der Waals surface area contributed by atoms with Crippen molar-refractivity contribution in [1.29, 1.82) is 0 Å². The van der Waals surface area contributed by atoms with Crippen molar-refractivity contribution in [3.05, 3.63) is 96.2 Å². The van der Waals surface area contributed by atoms with E-state index in [0.717, 1.165) is 11.3 Å². The van der Waals surface area contributed by atoms with E-state index < -0.39 is 0 Å². The van der Waals surface area contributed by atoms with Crippen LogP contribution in [-0.4, -0.2) is 28.6 Å². The van der Waals surface area contributed by atoms with Gasteiger partial charge in [-0.05, 0) is 55.5 Å². The number of Topliss-reactive ketones (excluding diaryl/α,β-unsaturated/α-hetero) is 1. The summed E-state index contributed by atoms with van der Waals surface area (Å²) in [6.07, 6.45) is 1.70. The van der Waals surface area contributed by atoms with Crippen molar-refractivity contribution in [1.82, 2.24) is 9.78 Å². The molecule has 0 aliphatic heterocycles. The van der Waals surface area contributed by atoms with Crippen LogP contribution in [0.25, 0.3) is 16.9 Å². The van der Waals surface area contributed by atoms with Gasteiger partial charge in [-0.3, -0.25) is 9.59 Å². The van der Waals surface area contributed by atoms with E-state index in [-0.39, 0.29) is 11.7 Å². The highest BCUT2D eigenvalue weighted by Crippen LogP contribution is 2.27. The molecule has 154 valence electrons. The number of nitrogens with zero attached hydrogens (tertiary/aromatic N) is 2. The predicted molar refractivity (Wildman–Crippen MR) is 120 cm³/mol. The fourth-order valence-corrected chi connectivity index (χ4v) is 3.30. The van der Waals surface area contributed by atoms with E-state index in [0.29, 0.717) is 28.3 Å². The molecule has 1 aromatic heterocycles. The van der Waals surface area contributed by atoms with Gasteiger partial charge in [-0.1, -0.05) is 30.3 Å². The number of ketones is 1. The lowest BCUT2D eigenvalue weighted by atomic mass is 10.1. The number of ether oxygens (including phenoxy) is 1. The lowest BCUT2D eigenvalue weighted by Gasteiger charge is -2.09. The van der Waals surface area contributed by atoms with E-state index in [1.165, 1.54) is 6.92 Å². The van der Waals surface area contributed by atoms with Crippen molar-refractivity contribution in [2.75, 3.05) is 12.4 Å². The molecule has 0 bridgehead atoms. The Labute approximate surface area is 180 Å². The molecular formula is C25H21N3O3. The van der Waals surface area contributed by atoms with Crippen LogP contribution < -0.4 is 10.1 Å². The molecular weight excluding hydrogens is 390 g/mol. The van der Waals surface area contributed by atoms with Crippen molar-refractivity contribution >= 4 is 17.4 Å². The number of aromatic nitrogens is 2. The SMILES string of the molecule is COc1ccc(-c2nn(-c3ccccc3)cc2C(=O)Nc2ccccc2C(C)=O)cc1. The van der Waals surface area contributed by atoms with E-state index in [1.807, 2.05) is 54.6 Å². The van der Waals surface area contributed by atoms with Gasteiger partial charge in [0.2, 0.25) is 0 Å². The Kier molecular flexibility index (Phi) is 5.62. The summed E-state index contributed by atoms with van der Waals surface area (Å²) >= 11 is 0. The van der Waals surface area contributed by atoms with Crippen molar-refractivity contribution in [3.63, 3.8) is 0 Å². The Balaban J connectivity index is 1.77. The van der Waals surface area contributed by atoms with Gasteiger partial charge in [0, 0.05) is 17.3 Å². The minimum absolute atomic E-state index is 0.119. The fourth-order valence-electron chi connectivity index (χ4n) is 3.30. The quantitative estimate of drug-likeness (QED) is 0.453. The van der Waals surface area contributed by atoms with Gasteiger partial charge in [0.05, 0.1) is 24.0 Å². The van der Waals surface area contributed by atoms with Crippen LogP contribution >= 0.6 is 0 Å². The predicted octanol–water partition coefficient (Wildman–Crippen LogP) is 5.00. The lowest BCUT2D eigenvalue weighted by Crippen LogP contribution is -2.14. The minimum Gasteiger partial charge on any atom is -0.497 e. The monoisotopic (exact) mass is 411 g/mol. The van der Waals surface area contributed by atoms with Gasteiger partial charge in [0.15, 0.2) is 5.78 Å². The molecule has 0 fully saturated rings. The number of hydrogen-bond donors (Lipinski definition) is 1. The minimum atomic E-state index is -0.346. The summed E-state index contributed by atoms with van der Waals surface area (Å²) in [6, 6.07) is 23.9. The maximum Gasteiger partial charge on any atom is 0.259 e. The summed E-state index contributed by atoms with van der Waals surface area (Å²) < 4.78 is 6.91. The number of carbonyl (C=O) groups is 2. The smallest absolute Gasteiger partial charge is 0.259 e. The number of anilines is 1. The molecule has 1 N–H and O–H groups in total. The number of para-hydroxylation sites is 2. The van der Waals surface area contributed by atoms with E-state index in [1.54, 1.807) is 42.3 Å². The summed E-state index contributed by atoms with van der Waals surface area (Å²) in [6.45, 7) is 1.47. The van der Waals surface area contributed by atoms with Crippen LogP contribution in [-0.2, 0) is 0 Å². The van der Waals surface area contributed by atoms with Gasteiger partial charge < -0.3 is 10.1 Å². The molecule has 4 aromatic rings. The Morgan fingerprint density at radius 1 is 0.871 bits per heavy atom. The molecule has 3 aromatic carbocycles. The van der Waals surface area contributed by atoms with Gasteiger partial charge in [0.1, 0.15) is 11.4 Å². The zero-order chi connectivity index (χ0) is 21.8. The van der Waals surface area contributed by atoms with E-state index in [4.69, 9.17) is 4.74 Å². The molecule has 1 amide bonds. The second kappa shape index (κ2) is 8.67. The molecule has 0 aliphatic carbocycles. The average molecular weight is 411 g/mol. The molecule has 0 spiro atoms. The molecule has 1 heterocycles. The van der Waals surface area contributed by atoms with Crippen LogP contribution in [0, 0.1) is 0 Å². The summed E-state index contributed by atoms with van der Waals surface area (Å²) in [5, 5.41) is 7.54. The first-order valence-corrected chi connectivity index (χ1v) is 9.77. The largest absolute Gasteiger partial charge is 0.497 e. The summed E-state index contributed by atoms with van der Waals surface area (Å²) in [5.74, 6) is 0.251. The normalized spacial score (nSPS) is 10.5. The molecule has 0 saturated carbocycles. The third kappa shape index (κ3) is 4.23. The maximum absolute atomic E-state index is 13.3. The highest BCUT2D eigenvalue weighted by Gasteiger charge is 2.20. The summed E-state index contributed by atoms with van der Waals surface area (Å²) in [5.41, 5.74) is 3.46. The zero-order valence-corrected chi connectivity index (χ0v) is 17.2. The number of rotatable bonds is 6. The standard InChI is InChI=1S/C25H21N3O3/c1-17(29)21-10-6-7-11-23(21)26-25(30)22-16-28(19-8-4-3-5-9-19)27-24(22)18-12-14-20(31-2)15-13-18/h3-16H,1-2H3,(H,26,30). The number of amides is 1. The van der Waals surface area contributed by atoms with E-state index in [9.17, 15) is 9.59 Å². The first kappa shape index (κ1) is 20.1. The molecule has 6 heteroatoms. The number of hydrogen-bond acceptors (Lipinski definition) is 4. The number of nitrogens with one attached hydrogen (secondary N) is 1. The van der Waals surface area contributed by atoms with Crippen LogP contribution in [0.15, 0.2) is 85.1 Å². The van der Waals surface area contributed by atoms with Gasteiger partial charge in [-0.2, -0.15) is 5.10 Å². The van der Waals surface area contributed by atoms with E-state index in [2.05, 4.69) is 10.4 Å². The van der Waals surface area contributed by atoms with Crippen LogP contribution in [0.4, 0.5) is 5.69 Å². The molecule has 0 aliphatic rings. The average Bonchev–Trinajstić information content (AvgIpc) is 3.26. The first-order valence-electron chi connectivity index (χ1n) is 9.77. The van der Waals surface area contributed by atoms with Crippen LogP contribution in [0.3, 0.4) is 0 Å². The van der Waals surface area contributed by atoms with Gasteiger partial charge in [0.25, 0.3) is 5.91 Å². The second-order valence-corrected chi connectivity index (χ2v) is 6.96. The van der Waals surface area contributed by atoms with Crippen LogP contribution in [0.2, 0.25) is 0 Å². The molecule has 0 radical (unpaired) electrons. The molecule has 0 saturated heterocycles. The fraction of sp³-hybridized carbons (Fsp3) is 0.0800. The number of methoxy groups -OCH3 is 1.